The lowest BCUT2D eigenvalue weighted by Gasteiger charge is -2.46. The zero-order valence-corrected chi connectivity index (χ0v) is 13.8. The van der Waals surface area contributed by atoms with E-state index in [1.807, 2.05) is 4.90 Å². The van der Waals surface area contributed by atoms with Crippen molar-refractivity contribution < 1.29 is 9.53 Å². The molecule has 0 N–H and O–H groups in total. The molecule has 22 heavy (non-hydrogen) atoms. The van der Waals surface area contributed by atoms with E-state index in [1.165, 1.54) is 11.7 Å². The first-order chi connectivity index (χ1) is 10.4. The zero-order chi connectivity index (χ0) is 16.3. The largest absolute Gasteiger partial charge is 0.491 e. The van der Waals surface area contributed by atoms with Gasteiger partial charge in [-0.1, -0.05) is 6.92 Å². The van der Waals surface area contributed by atoms with Crippen molar-refractivity contribution in [2.75, 3.05) is 33.3 Å². The van der Waals surface area contributed by atoms with Crippen LogP contribution >= 0.6 is 0 Å². The maximum Gasteiger partial charge on any atom is 0.293 e. The van der Waals surface area contributed by atoms with Crippen molar-refractivity contribution in [3.63, 3.8) is 0 Å². The number of likely N-dealkylation sites (N-methyl/N-ethyl adjacent to an activating group) is 1. The van der Waals surface area contributed by atoms with Gasteiger partial charge in [-0.15, -0.1) is 0 Å². The van der Waals surface area contributed by atoms with Gasteiger partial charge in [-0.05, 0) is 32.5 Å². The van der Waals surface area contributed by atoms with E-state index in [-0.39, 0.29) is 29.3 Å². The highest BCUT2D eigenvalue weighted by Crippen LogP contribution is 2.20. The number of amides is 1. The van der Waals surface area contributed by atoms with Gasteiger partial charge in [-0.25, -0.2) is 0 Å². The number of hydrogen-bond acceptors (Lipinski definition) is 4. The monoisotopic (exact) mass is 307 g/mol. The maximum absolute atomic E-state index is 12.5. The first kappa shape index (κ1) is 16.5. The van der Waals surface area contributed by atoms with Gasteiger partial charge in [0.05, 0.1) is 7.11 Å². The minimum atomic E-state index is -0.273. The predicted octanol–water partition coefficient (Wildman–Crippen LogP) is 0.800. The Bertz CT molecular complexity index is 595. The Kier molecular flexibility index (Phi) is 4.90. The van der Waals surface area contributed by atoms with E-state index in [0.29, 0.717) is 13.1 Å². The summed E-state index contributed by atoms with van der Waals surface area (Å²) >= 11 is 0. The van der Waals surface area contributed by atoms with Crippen molar-refractivity contribution in [2.24, 2.45) is 0 Å². The quantitative estimate of drug-likeness (QED) is 0.826. The van der Waals surface area contributed by atoms with Gasteiger partial charge in [0.25, 0.3) is 5.56 Å². The smallest absolute Gasteiger partial charge is 0.293 e. The number of pyridine rings is 1. The number of piperazine rings is 1. The van der Waals surface area contributed by atoms with Crippen molar-refractivity contribution in [1.29, 1.82) is 0 Å². The summed E-state index contributed by atoms with van der Waals surface area (Å²) in [5.41, 5.74) is -0.313. The molecule has 1 amide bonds. The molecule has 122 valence electrons. The third kappa shape index (κ3) is 3.32. The molecule has 0 radical (unpaired) electrons. The maximum atomic E-state index is 12.5. The van der Waals surface area contributed by atoms with E-state index in [4.69, 9.17) is 4.74 Å². The predicted molar refractivity (Wildman–Crippen MR) is 85.2 cm³/mol. The molecule has 0 aromatic carbocycles. The van der Waals surface area contributed by atoms with Gasteiger partial charge in [-0.2, -0.15) is 0 Å². The van der Waals surface area contributed by atoms with Gasteiger partial charge >= 0.3 is 0 Å². The Labute approximate surface area is 131 Å². The van der Waals surface area contributed by atoms with Gasteiger partial charge in [0, 0.05) is 31.4 Å². The van der Waals surface area contributed by atoms with Gasteiger partial charge in [0.2, 0.25) is 5.91 Å². The summed E-state index contributed by atoms with van der Waals surface area (Å²) in [5, 5.41) is 0. The minimum Gasteiger partial charge on any atom is -0.491 e. The van der Waals surface area contributed by atoms with Gasteiger partial charge < -0.3 is 14.2 Å². The molecule has 1 fully saturated rings. The molecule has 1 aliphatic heterocycles. The lowest BCUT2D eigenvalue weighted by Crippen LogP contribution is -2.60. The van der Waals surface area contributed by atoms with Crippen molar-refractivity contribution in [1.82, 2.24) is 14.4 Å². The Morgan fingerprint density at radius 1 is 1.36 bits per heavy atom. The van der Waals surface area contributed by atoms with E-state index < -0.39 is 0 Å². The molecule has 0 unspecified atom stereocenters. The molecular formula is C16H25N3O3. The van der Waals surface area contributed by atoms with Crippen molar-refractivity contribution >= 4 is 5.91 Å². The molecule has 0 bridgehead atoms. The van der Waals surface area contributed by atoms with E-state index in [0.717, 1.165) is 13.1 Å². The fraction of sp³-hybridized carbons (Fsp3) is 0.625. The summed E-state index contributed by atoms with van der Waals surface area (Å²) < 4.78 is 6.41. The molecule has 6 nitrogen and oxygen atoms in total. The van der Waals surface area contributed by atoms with Crippen LogP contribution in [0.3, 0.4) is 0 Å². The molecule has 0 saturated carbocycles. The summed E-state index contributed by atoms with van der Waals surface area (Å²) in [6.07, 6.45) is 1.62. The fourth-order valence-corrected chi connectivity index (χ4v) is 3.03. The SMILES string of the molecule is CCN1CCN(C(=O)Cn2cccc(OC)c2=O)CC1(C)C. The minimum absolute atomic E-state index is 0.0285. The molecule has 6 heteroatoms. The van der Waals surface area contributed by atoms with E-state index in [2.05, 4.69) is 25.7 Å². The van der Waals surface area contributed by atoms with Crippen LogP contribution in [0.1, 0.15) is 20.8 Å². The molecule has 0 atom stereocenters. The molecule has 2 heterocycles. The second-order valence-electron chi connectivity index (χ2n) is 6.22. The van der Waals surface area contributed by atoms with Crippen LogP contribution in [0.5, 0.6) is 5.75 Å². The normalized spacial score (nSPS) is 18.3. The number of hydrogen-bond donors (Lipinski definition) is 0. The molecule has 0 aliphatic carbocycles. The third-order valence-corrected chi connectivity index (χ3v) is 4.32. The summed E-state index contributed by atoms with van der Waals surface area (Å²) in [6, 6.07) is 3.32. The molecule has 2 rings (SSSR count). The van der Waals surface area contributed by atoms with Gasteiger partial charge in [0.15, 0.2) is 5.75 Å². The van der Waals surface area contributed by atoms with Crippen molar-refractivity contribution in [2.45, 2.75) is 32.9 Å². The summed E-state index contributed by atoms with van der Waals surface area (Å²) in [5.74, 6) is 0.227. The fourth-order valence-electron chi connectivity index (χ4n) is 3.03. The molecule has 1 aromatic heterocycles. The number of rotatable bonds is 4. The van der Waals surface area contributed by atoms with E-state index in [9.17, 15) is 9.59 Å². The van der Waals surface area contributed by atoms with Crippen LogP contribution < -0.4 is 10.3 Å². The molecule has 0 spiro atoms. The molecular weight excluding hydrogens is 282 g/mol. The third-order valence-electron chi connectivity index (χ3n) is 4.32. The summed E-state index contributed by atoms with van der Waals surface area (Å²) in [4.78, 5) is 28.8. The Morgan fingerprint density at radius 3 is 2.68 bits per heavy atom. The molecule has 1 aromatic rings. The topological polar surface area (TPSA) is 54.8 Å². The van der Waals surface area contributed by atoms with Crippen LogP contribution in [0, 0.1) is 0 Å². The summed E-state index contributed by atoms with van der Waals surface area (Å²) in [7, 11) is 1.45. The average Bonchev–Trinajstić information content (AvgIpc) is 2.48. The van der Waals surface area contributed by atoms with E-state index >= 15 is 0 Å². The highest BCUT2D eigenvalue weighted by Gasteiger charge is 2.34. The first-order valence-electron chi connectivity index (χ1n) is 7.65. The van der Waals surface area contributed by atoms with Gasteiger partial charge in [0.1, 0.15) is 6.54 Å². The standard InChI is InChI=1S/C16H25N3O3/c1-5-19-10-9-18(12-16(19,2)3)14(20)11-17-8-6-7-13(22-4)15(17)21/h6-8H,5,9-12H2,1-4H3. The van der Waals surface area contributed by atoms with Crippen molar-refractivity contribution in [3.8, 4) is 5.75 Å². The Hall–Kier alpha value is -1.82. The second-order valence-corrected chi connectivity index (χ2v) is 6.22. The van der Waals surface area contributed by atoms with Crippen LogP contribution in [0.25, 0.3) is 0 Å². The highest BCUT2D eigenvalue weighted by molar-refractivity contribution is 5.76. The van der Waals surface area contributed by atoms with E-state index in [1.54, 1.807) is 18.3 Å². The van der Waals surface area contributed by atoms with Crippen LogP contribution in [-0.2, 0) is 11.3 Å². The number of nitrogens with zero attached hydrogens (tertiary/aromatic N) is 3. The van der Waals surface area contributed by atoms with Crippen LogP contribution in [-0.4, -0.2) is 59.1 Å². The summed E-state index contributed by atoms with van der Waals surface area (Å²) in [6.45, 7) is 9.70. The lowest BCUT2D eigenvalue weighted by atomic mass is 9.99. The number of aromatic nitrogens is 1. The second kappa shape index (κ2) is 6.52. The first-order valence-corrected chi connectivity index (χ1v) is 7.65. The van der Waals surface area contributed by atoms with Crippen molar-refractivity contribution in [3.05, 3.63) is 28.7 Å². The number of carbonyl (C=O) groups excluding carboxylic acids is 1. The number of methoxy groups -OCH3 is 1. The Balaban J connectivity index is 2.09. The van der Waals surface area contributed by atoms with Crippen LogP contribution in [0.15, 0.2) is 23.1 Å². The number of ether oxygens (including phenoxy) is 1. The van der Waals surface area contributed by atoms with Crippen LogP contribution in [0.4, 0.5) is 0 Å². The van der Waals surface area contributed by atoms with Crippen LogP contribution in [0.2, 0.25) is 0 Å². The highest BCUT2D eigenvalue weighted by atomic mass is 16.5. The molecule has 1 saturated heterocycles. The average molecular weight is 307 g/mol. The zero-order valence-electron chi connectivity index (χ0n) is 13.8. The molecule has 1 aliphatic rings. The number of carbonyl (C=O) groups is 1. The lowest BCUT2D eigenvalue weighted by molar-refractivity contribution is -0.136. The Morgan fingerprint density at radius 2 is 2.09 bits per heavy atom. The van der Waals surface area contributed by atoms with Gasteiger partial charge in [-0.3, -0.25) is 14.5 Å².